The van der Waals surface area contributed by atoms with Gasteiger partial charge in [0, 0.05) is 59.9 Å². The second kappa shape index (κ2) is 12.1. The van der Waals surface area contributed by atoms with Crippen molar-refractivity contribution in [1.29, 1.82) is 0 Å². The molecule has 0 saturated heterocycles. The minimum atomic E-state index is -2.25. The fourth-order valence-corrected chi connectivity index (χ4v) is 8.37. The van der Waals surface area contributed by atoms with Gasteiger partial charge in [-0.3, -0.25) is 9.59 Å². The van der Waals surface area contributed by atoms with E-state index in [0.29, 0.717) is 16.7 Å². The van der Waals surface area contributed by atoms with E-state index in [9.17, 15) is 50.4 Å². The second-order valence-corrected chi connectivity index (χ2v) is 14.3. The molecule has 2 aliphatic carbocycles. The van der Waals surface area contributed by atoms with Gasteiger partial charge < -0.3 is 45.6 Å². The van der Waals surface area contributed by atoms with Crippen LogP contribution >= 0.6 is 0 Å². The van der Waals surface area contributed by atoms with E-state index >= 15 is 0 Å². The number of allylic oxidation sites excluding steroid dienone is 3. The van der Waals surface area contributed by atoms with Gasteiger partial charge in [0.2, 0.25) is 5.78 Å². The number of carbonyl (C=O) groups excluding carboxylic acids is 2. The summed E-state index contributed by atoms with van der Waals surface area (Å²) < 4.78 is 6.53. The van der Waals surface area contributed by atoms with Crippen molar-refractivity contribution in [2.75, 3.05) is 0 Å². The first-order valence-corrected chi connectivity index (χ1v) is 16.8. The molecule has 1 heterocycles. The SMILES string of the molecule is CC(C)=CCC12Oc3cc(O)c(C4C=C(C)CC(c5ccc(O)cc5O)C4C(=O)c4ccc(O)cc4O)c(O)c3C(=O)C1(O)Cc1cc(O)ccc12. The largest absolute Gasteiger partial charge is 0.508 e. The number of benzene rings is 4. The number of fused-ring (bicyclic) bond motifs is 4. The predicted molar refractivity (Wildman–Crippen MR) is 188 cm³/mol. The summed E-state index contributed by atoms with van der Waals surface area (Å²) in [6.07, 6.45) is 3.49. The van der Waals surface area contributed by atoms with Crippen LogP contribution in [0.3, 0.4) is 0 Å². The average molecular weight is 707 g/mol. The Bertz CT molecular complexity index is 2250. The molecule has 0 amide bonds. The van der Waals surface area contributed by atoms with Crippen LogP contribution in [0.2, 0.25) is 0 Å². The van der Waals surface area contributed by atoms with Gasteiger partial charge in [-0.15, -0.1) is 0 Å². The summed E-state index contributed by atoms with van der Waals surface area (Å²) in [5, 5.41) is 88.3. The number of ketones is 2. The van der Waals surface area contributed by atoms with Gasteiger partial charge in [-0.2, -0.15) is 0 Å². The van der Waals surface area contributed by atoms with Crippen molar-refractivity contribution in [3.8, 4) is 46.0 Å². The zero-order valence-corrected chi connectivity index (χ0v) is 28.6. The number of phenols is 7. The number of ether oxygens (including phenoxy) is 1. The maximum absolute atomic E-state index is 14.7. The maximum Gasteiger partial charge on any atom is 0.206 e. The van der Waals surface area contributed by atoms with Gasteiger partial charge in [-0.05, 0) is 68.7 Å². The molecule has 0 bridgehead atoms. The third-order valence-corrected chi connectivity index (χ3v) is 10.7. The molecule has 11 nitrogen and oxygen atoms in total. The van der Waals surface area contributed by atoms with Gasteiger partial charge in [-0.25, -0.2) is 0 Å². The van der Waals surface area contributed by atoms with Crippen molar-refractivity contribution >= 4 is 11.6 Å². The molecule has 4 aromatic rings. The van der Waals surface area contributed by atoms with E-state index in [2.05, 4.69) is 0 Å². The van der Waals surface area contributed by atoms with Crippen molar-refractivity contribution in [3.05, 3.63) is 117 Å². The maximum atomic E-state index is 14.7. The van der Waals surface area contributed by atoms with E-state index in [0.717, 1.165) is 17.7 Å². The summed E-state index contributed by atoms with van der Waals surface area (Å²) in [7, 11) is 0. The molecule has 5 atom stereocenters. The van der Waals surface area contributed by atoms with Crippen molar-refractivity contribution in [2.45, 2.75) is 63.1 Å². The number of aliphatic hydroxyl groups is 1. The number of aromatic hydroxyl groups is 7. The number of Topliss-reactive ketones (excluding diaryl/α,β-unsaturated/α-hetero) is 2. The second-order valence-electron chi connectivity index (χ2n) is 14.3. The van der Waals surface area contributed by atoms with Gasteiger partial charge in [-0.1, -0.05) is 35.4 Å². The molecule has 8 N–H and O–H groups in total. The summed E-state index contributed by atoms with van der Waals surface area (Å²) in [6.45, 7) is 5.47. The van der Waals surface area contributed by atoms with Crippen LogP contribution in [0.5, 0.6) is 46.0 Å². The molecule has 268 valence electrons. The summed E-state index contributed by atoms with van der Waals surface area (Å²) in [6, 6.07) is 13.0. The Labute approximate surface area is 298 Å². The number of carbonyl (C=O) groups is 2. The normalized spacial score (nSPS) is 24.6. The van der Waals surface area contributed by atoms with Crippen LogP contribution in [0.4, 0.5) is 0 Å². The van der Waals surface area contributed by atoms with Gasteiger partial charge in [0.25, 0.3) is 0 Å². The molecule has 4 aromatic carbocycles. The highest BCUT2D eigenvalue weighted by Gasteiger charge is 2.66. The Morgan fingerprint density at radius 3 is 2.19 bits per heavy atom. The smallest absolute Gasteiger partial charge is 0.206 e. The van der Waals surface area contributed by atoms with Crippen LogP contribution in [0.15, 0.2) is 84.0 Å². The van der Waals surface area contributed by atoms with Crippen molar-refractivity contribution in [3.63, 3.8) is 0 Å². The highest BCUT2D eigenvalue weighted by atomic mass is 16.5. The van der Waals surface area contributed by atoms with Crippen molar-refractivity contribution < 1.29 is 55.2 Å². The fourth-order valence-electron chi connectivity index (χ4n) is 8.37. The molecule has 0 aromatic heterocycles. The lowest BCUT2D eigenvalue weighted by molar-refractivity contribution is -0.108. The molecular formula is C41H38O11. The zero-order chi connectivity index (χ0) is 37.4. The Kier molecular flexibility index (Phi) is 8.02. The van der Waals surface area contributed by atoms with Crippen LogP contribution in [-0.4, -0.2) is 58.0 Å². The van der Waals surface area contributed by atoms with Gasteiger partial charge in [0.15, 0.2) is 17.0 Å². The minimum Gasteiger partial charge on any atom is -0.508 e. The number of hydrogen-bond acceptors (Lipinski definition) is 11. The number of rotatable bonds is 6. The first kappa shape index (κ1) is 34.5. The molecule has 52 heavy (non-hydrogen) atoms. The van der Waals surface area contributed by atoms with E-state index in [-0.39, 0.29) is 64.7 Å². The molecule has 0 spiro atoms. The van der Waals surface area contributed by atoms with Crippen LogP contribution in [0, 0.1) is 5.92 Å². The highest BCUT2D eigenvalue weighted by Crippen LogP contribution is 2.60. The standard InChI is InChI=1S/C41H38O11/c1-19(2)10-11-41-29-9-6-22(42)14-21(29)18-40(41,51)39(50)36-33(52-41)17-32(47)35(38(36)49)28-13-20(3)12-27(25-7-4-23(43)15-30(25)45)34(28)37(48)26-8-5-24(44)16-31(26)46/h4-10,13-17,27-28,34,42-47,49,51H,11-12,18H2,1-3H3. The summed E-state index contributed by atoms with van der Waals surface area (Å²) >= 11 is 0. The lowest BCUT2D eigenvalue weighted by Gasteiger charge is -2.46. The molecule has 1 aliphatic heterocycles. The summed E-state index contributed by atoms with van der Waals surface area (Å²) in [5.41, 5.74) is -1.93. The van der Waals surface area contributed by atoms with Crippen LogP contribution in [-0.2, 0) is 12.0 Å². The Hall–Kier alpha value is -5.94. The Morgan fingerprint density at radius 2 is 1.52 bits per heavy atom. The molecule has 5 unspecified atom stereocenters. The molecule has 7 rings (SSSR count). The predicted octanol–water partition coefficient (Wildman–Crippen LogP) is 6.46. The average Bonchev–Trinajstić information content (AvgIpc) is 3.30. The third-order valence-electron chi connectivity index (χ3n) is 10.7. The van der Waals surface area contributed by atoms with E-state index in [1.54, 1.807) is 19.1 Å². The molecule has 3 aliphatic rings. The van der Waals surface area contributed by atoms with E-state index in [1.165, 1.54) is 42.5 Å². The topological polar surface area (TPSA) is 205 Å². The molecule has 0 radical (unpaired) electrons. The Morgan fingerprint density at radius 1 is 0.865 bits per heavy atom. The number of phenolic OH excluding ortho intramolecular Hbond substituents is 7. The van der Waals surface area contributed by atoms with E-state index in [4.69, 9.17) is 4.74 Å². The van der Waals surface area contributed by atoms with Crippen molar-refractivity contribution in [2.24, 2.45) is 5.92 Å². The minimum absolute atomic E-state index is 0.0487. The third kappa shape index (κ3) is 5.14. The Balaban J connectivity index is 1.43. The lowest BCUT2D eigenvalue weighted by Crippen LogP contribution is -2.60. The summed E-state index contributed by atoms with van der Waals surface area (Å²) in [5.74, 6) is -7.63. The zero-order valence-electron chi connectivity index (χ0n) is 28.6. The quantitative estimate of drug-likeness (QED) is 0.0807. The highest BCUT2D eigenvalue weighted by molar-refractivity contribution is 6.10. The monoisotopic (exact) mass is 706 g/mol. The van der Waals surface area contributed by atoms with Crippen molar-refractivity contribution in [1.82, 2.24) is 0 Å². The van der Waals surface area contributed by atoms with Gasteiger partial charge in [0.05, 0.1) is 5.56 Å². The molecule has 0 saturated carbocycles. The first-order chi connectivity index (χ1) is 24.6. The van der Waals surface area contributed by atoms with Gasteiger partial charge in [0.1, 0.15) is 51.6 Å². The summed E-state index contributed by atoms with van der Waals surface area (Å²) in [4.78, 5) is 29.2. The molecule has 0 fully saturated rings. The van der Waals surface area contributed by atoms with E-state index in [1.807, 2.05) is 19.9 Å². The van der Waals surface area contributed by atoms with Crippen LogP contribution < -0.4 is 4.74 Å². The van der Waals surface area contributed by atoms with Crippen LogP contribution in [0.25, 0.3) is 0 Å². The fraction of sp³-hybridized carbons (Fsp3) is 0.268. The van der Waals surface area contributed by atoms with Crippen LogP contribution in [0.1, 0.15) is 88.4 Å². The molecule has 11 heteroatoms. The molecular weight excluding hydrogens is 668 g/mol. The van der Waals surface area contributed by atoms with Gasteiger partial charge >= 0.3 is 0 Å². The number of hydrogen-bond donors (Lipinski definition) is 8. The lowest BCUT2D eigenvalue weighted by atomic mass is 9.64. The van der Waals surface area contributed by atoms with E-state index < -0.39 is 63.3 Å². The first-order valence-electron chi connectivity index (χ1n) is 16.8.